The molecule has 0 aliphatic carbocycles. The Morgan fingerprint density at radius 2 is 1.92 bits per heavy atom. The fourth-order valence-electron chi connectivity index (χ4n) is 2.90. The molecule has 4 rings (SSSR count). The molecule has 0 atom stereocenters. The summed E-state index contributed by atoms with van der Waals surface area (Å²) in [6.07, 6.45) is 5.80. The zero-order valence-electron chi connectivity index (χ0n) is 13.9. The molecule has 128 valence electrons. The number of anilines is 4. The summed E-state index contributed by atoms with van der Waals surface area (Å²) in [5.74, 6) is 1.92. The molecule has 2 aromatic heterocycles. The van der Waals surface area contributed by atoms with E-state index in [4.69, 9.17) is 4.42 Å². The van der Waals surface area contributed by atoms with Gasteiger partial charge in [-0.25, -0.2) is 0 Å². The Labute approximate surface area is 146 Å². The molecule has 7 nitrogen and oxygen atoms in total. The van der Waals surface area contributed by atoms with Crippen molar-refractivity contribution < 1.29 is 4.42 Å². The Bertz CT molecular complexity index is 797. The molecule has 0 amide bonds. The summed E-state index contributed by atoms with van der Waals surface area (Å²) in [6.45, 7) is 2.81. The van der Waals surface area contributed by atoms with Crippen molar-refractivity contribution in [2.24, 2.45) is 0 Å². The molecule has 3 heterocycles. The number of benzene rings is 1. The first-order chi connectivity index (χ1) is 12.4. The van der Waals surface area contributed by atoms with Crippen molar-refractivity contribution in [2.45, 2.75) is 19.4 Å². The minimum atomic E-state index is 0.454. The zero-order valence-corrected chi connectivity index (χ0v) is 13.9. The molecule has 0 saturated carbocycles. The molecule has 25 heavy (non-hydrogen) atoms. The molecule has 1 aliphatic heterocycles. The maximum absolute atomic E-state index is 5.28. The minimum Gasteiger partial charge on any atom is -0.467 e. The number of furan rings is 1. The summed E-state index contributed by atoms with van der Waals surface area (Å²) in [6, 6.07) is 12.1. The van der Waals surface area contributed by atoms with Crippen LogP contribution in [0.4, 0.5) is 23.1 Å². The topological polar surface area (TPSA) is 79.1 Å². The first-order valence-electron chi connectivity index (χ1n) is 8.45. The molecule has 0 spiro atoms. The zero-order chi connectivity index (χ0) is 16.9. The maximum atomic E-state index is 5.28. The fourth-order valence-corrected chi connectivity index (χ4v) is 2.90. The van der Waals surface area contributed by atoms with Crippen molar-refractivity contribution in [2.75, 3.05) is 28.6 Å². The number of aromatic nitrogens is 3. The Morgan fingerprint density at radius 3 is 2.68 bits per heavy atom. The van der Waals surface area contributed by atoms with Crippen molar-refractivity contribution >= 4 is 23.1 Å². The van der Waals surface area contributed by atoms with Gasteiger partial charge in [0.1, 0.15) is 5.76 Å². The van der Waals surface area contributed by atoms with E-state index in [0.717, 1.165) is 24.5 Å². The smallest absolute Gasteiger partial charge is 0.245 e. The van der Waals surface area contributed by atoms with Crippen molar-refractivity contribution in [1.29, 1.82) is 0 Å². The number of nitrogens with zero attached hydrogens (tertiary/aromatic N) is 4. The van der Waals surface area contributed by atoms with Crippen LogP contribution in [0.5, 0.6) is 0 Å². The first kappa shape index (κ1) is 15.4. The van der Waals surface area contributed by atoms with Gasteiger partial charge in [-0.2, -0.15) is 10.1 Å². The third kappa shape index (κ3) is 3.88. The van der Waals surface area contributed by atoms with Gasteiger partial charge in [-0.3, -0.25) is 0 Å². The highest BCUT2D eigenvalue weighted by Crippen LogP contribution is 2.23. The molecular formula is C18H20N6O. The van der Waals surface area contributed by atoms with Crippen LogP contribution in [0.2, 0.25) is 0 Å². The van der Waals surface area contributed by atoms with Crippen molar-refractivity contribution in [3.8, 4) is 0 Å². The van der Waals surface area contributed by atoms with E-state index in [1.165, 1.54) is 18.5 Å². The lowest BCUT2D eigenvalue weighted by molar-refractivity contribution is 0.517. The average molecular weight is 336 g/mol. The second-order valence-corrected chi connectivity index (χ2v) is 5.96. The van der Waals surface area contributed by atoms with Gasteiger partial charge in [0.05, 0.1) is 19.0 Å². The van der Waals surface area contributed by atoms with E-state index < -0.39 is 0 Å². The molecule has 1 aliphatic rings. The Kier molecular flexibility index (Phi) is 4.45. The normalized spacial score (nSPS) is 13.8. The highest BCUT2D eigenvalue weighted by Gasteiger charge is 2.11. The second kappa shape index (κ2) is 7.21. The monoisotopic (exact) mass is 336 g/mol. The predicted molar refractivity (Wildman–Crippen MR) is 97.0 cm³/mol. The molecule has 7 heteroatoms. The molecule has 0 radical (unpaired) electrons. The molecule has 0 unspecified atom stereocenters. The van der Waals surface area contributed by atoms with Crippen LogP contribution in [0.25, 0.3) is 0 Å². The Hall–Kier alpha value is -3.09. The minimum absolute atomic E-state index is 0.454. The van der Waals surface area contributed by atoms with E-state index in [1.807, 2.05) is 12.1 Å². The van der Waals surface area contributed by atoms with Crippen molar-refractivity contribution in [1.82, 2.24) is 15.2 Å². The third-order valence-corrected chi connectivity index (χ3v) is 4.17. The van der Waals surface area contributed by atoms with Gasteiger partial charge in [0.25, 0.3) is 0 Å². The average Bonchev–Trinajstić information content (AvgIpc) is 3.35. The van der Waals surface area contributed by atoms with Crippen LogP contribution in [0.1, 0.15) is 18.6 Å². The fraction of sp³-hybridized carbons (Fsp3) is 0.278. The van der Waals surface area contributed by atoms with Gasteiger partial charge in [0.2, 0.25) is 5.95 Å². The van der Waals surface area contributed by atoms with Crippen LogP contribution >= 0.6 is 0 Å². The summed E-state index contributed by atoms with van der Waals surface area (Å²) in [5, 5.41) is 14.3. The van der Waals surface area contributed by atoms with Gasteiger partial charge in [0.15, 0.2) is 5.82 Å². The summed E-state index contributed by atoms with van der Waals surface area (Å²) >= 11 is 0. The molecule has 0 bridgehead atoms. The van der Waals surface area contributed by atoms with Crippen LogP contribution in [-0.4, -0.2) is 28.3 Å². The van der Waals surface area contributed by atoms with Gasteiger partial charge in [0, 0.05) is 24.5 Å². The third-order valence-electron chi connectivity index (χ3n) is 4.17. The summed E-state index contributed by atoms with van der Waals surface area (Å²) in [5.41, 5.74) is 2.24. The largest absolute Gasteiger partial charge is 0.467 e. The van der Waals surface area contributed by atoms with Gasteiger partial charge >= 0.3 is 0 Å². The number of rotatable bonds is 6. The Morgan fingerprint density at radius 1 is 1.08 bits per heavy atom. The predicted octanol–water partition coefficient (Wildman–Crippen LogP) is 3.42. The lowest BCUT2D eigenvalue weighted by Crippen LogP contribution is -2.17. The molecule has 2 N–H and O–H groups in total. The van der Waals surface area contributed by atoms with Gasteiger partial charge < -0.3 is 20.0 Å². The van der Waals surface area contributed by atoms with Crippen LogP contribution in [0, 0.1) is 0 Å². The maximum Gasteiger partial charge on any atom is 0.245 e. The number of hydrogen-bond donors (Lipinski definition) is 2. The summed E-state index contributed by atoms with van der Waals surface area (Å²) in [4.78, 5) is 6.83. The van der Waals surface area contributed by atoms with Gasteiger partial charge in [-0.15, -0.1) is 5.10 Å². The summed E-state index contributed by atoms with van der Waals surface area (Å²) in [7, 11) is 0. The molecule has 3 aromatic rings. The Balaban J connectivity index is 1.39. The molecule has 1 fully saturated rings. The van der Waals surface area contributed by atoms with E-state index in [0.29, 0.717) is 18.3 Å². The lowest BCUT2D eigenvalue weighted by atomic mass is 10.2. The van der Waals surface area contributed by atoms with Crippen LogP contribution in [0.15, 0.2) is 53.3 Å². The molecular weight excluding hydrogens is 316 g/mol. The summed E-state index contributed by atoms with van der Waals surface area (Å²) < 4.78 is 5.28. The lowest BCUT2D eigenvalue weighted by Gasteiger charge is -2.17. The SMILES string of the molecule is c1coc(CNc2nncc(Nc3ccc(N4CCCC4)cc3)n2)c1. The highest BCUT2D eigenvalue weighted by atomic mass is 16.3. The van der Waals surface area contributed by atoms with Crippen LogP contribution < -0.4 is 15.5 Å². The second-order valence-electron chi connectivity index (χ2n) is 5.96. The van der Waals surface area contributed by atoms with E-state index in [9.17, 15) is 0 Å². The van der Waals surface area contributed by atoms with Gasteiger partial charge in [-0.1, -0.05) is 0 Å². The quantitative estimate of drug-likeness (QED) is 0.714. The number of nitrogens with one attached hydrogen (secondary N) is 2. The van der Waals surface area contributed by atoms with Crippen LogP contribution in [0.3, 0.4) is 0 Å². The van der Waals surface area contributed by atoms with E-state index in [2.05, 4.69) is 55.0 Å². The highest BCUT2D eigenvalue weighted by molar-refractivity contribution is 5.61. The molecule has 1 aromatic carbocycles. The molecule has 1 saturated heterocycles. The van der Waals surface area contributed by atoms with Gasteiger partial charge in [-0.05, 0) is 49.2 Å². The van der Waals surface area contributed by atoms with E-state index in [1.54, 1.807) is 12.5 Å². The van der Waals surface area contributed by atoms with E-state index >= 15 is 0 Å². The van der Waals surface area contributed by atoms with E-state index in [-0.39, 0.29) is 0 Å². The first-order valence-corrected chi connectivity index (χ1v) is 8.45. The van der Waals surface area contributed by atoms with Crippen LogP contribution in [-0.2, 0) is 6.54 Å². The van der Waals surface area contributed by atoms with Crippen molar-refractivity contribution in [3.63, 3.8) is 0 Å². The van der Waals surface area contributed by atoms with Crippen molar-refractivity contribution in [3.05, 3.63) is 54.6 Å². The standard InChI is InChI=1S/C18H20N6O/c1-2-10-24(9-1)15-7-5-14(6-8-15)21-17-13-20-23-18(22-17)19-12-16-4-3-11-25-16/h3-8,11,13H,1-2,9-10,12H2,(H2,19,21,22,23). The number of hydrogen-bond acceptors (Lipinski definition) is 7.